The molecule has 0 N–H and O–H groups in total. The van der Waals surface area contributed by atoms with Crippen molar-refractivity contribution in [3.63, 3.8) is 0 Å². The molecule has 2 aromatic carbocycles. The maximum Gasteiger partial charge on any atom is 0.166 e. The van der Waals surface area contributed by atoms with Gasteiger partial charge in [0, 0.05) is 17.0 Å². The lowest BCUT2D eigenvalue weighted by atomic mass is 9.88. The van der Waals surface area contributed by atoms with E-state index in [2.05, 4.69) is 13.5 Å². The molecule has 27 heavy (non-hydrogen) atoms. The van der Waals surface area contributed by atoms with Gasteiger partial charge in [-0.15, -0.1) is 0 Å². The van der Waals surface area contributed by atoms with E-state index in [9.17, 15) is 13.2 Å². The molecule has 1 saturated heterocycles. The van der Waals surface area contributed by atoms with E-state index < -0.39 is 17.5 Å². The standard InChI is InChI=1S/C23H25F3O/c1-3-5-6-18-10-9-17(14-27-18)20-12-11-19(22(25)23(20)26)16-8-7-15(4-2)21(24)13-16/h4,7-8,11-13,17-18H,2-3,5-6,9-10,14H2,1H3. The first-order valence-electron chi connectivity index (χ1n) is 9.57. The van der Waals surface area contributed by atoms with E-state index in [1.165, 1.54) is 24.3 Å². The molecule has 4 heteroatoms. The van der Waals surface area contributed by atoms with Crippen LogP contribution in [0.1, 0.15) is 56.1 Å². The average Bonchev–Trinajstić information content (AvgIpc) is 2.69. The van der Waals surface area contributed by atoms with Crippen molar-refractivity contribution in [2.45, 2.75) is 51.0 Å². The van der Waals surface area contributed by atoms with Gasteiger partial charge < -0.3 is 4.74 Å². The summed E-state index contributed by atoms with van der Waals surface area (Å²) in [4.78, 5) is 0. The van der Waals surface area contributed by atoms with Crippen molar-refractivity contribution in [2.75, 3.05) is 6.61 Å². The minimum Gasteiger partial charge on any atom is -0.378 e. The van der Waals surface area contributed by atoms with Gasteiger partial charge in [0.2, 0.25) is 0 Å². The Balaban J connectivity index is 1.80. The van der Waals surface area contributed by atoms with Crippen LogP contribution in [0.25, 0.3) is 17.2 Å². The summed E-state index contributed by atoms with van der Waals surface area (Å²) in [5.41, 5.74) is 1.03. The molecule has 0 amide bonds. The zero-order chi connectivity index (χ0) is 19.4. The summed E-state index contributed by atoms with van der Waals surface area (Å²) in [6.45, 7) is 6.08. The maximum absolute atomic E-state index is 14.7. The Kier molecular flexibility index (Phi) is 6.38. The highest BCUT2D eigenvalue weighted by atomic mass is 19.2. The summed E-state index contributed by atoms with van der Waals surface area (Å²) in [5.74, 6) is -2.45. The van der Waals surface area contributed by atoms with E-state index in [-0.39, 0.29) is 17.6 Å². The molecule has 1 nitrogen and oxygen atoms in total. The molecule has 2 atom stereocenters. The normalized spacial score (nSPS) is 19.9. The van der Waals surface area contributed by atoms with Gasteiger partial charge in [-0.05, 0) is 36.5 Å². The van der Waals surface area contributed by atoms with E-state index in [1.807, 2.05) is 0 Å². The average molecular weight is 374 g/mol. The summed E-state index contributed by atoms with van der Waals surface area (Å²) in [5, 5.41) is 0. The predicted molar refractivity (Wildman–Crippen MR) is 103 cm³/mol. The Hall–Kier alpha value is -2.07. The van der Waals surface area contributed by atoms with Crippen LogP contribution < -0.4 is 0 Å². The predicted octanol–water partition coefficient (Wildman–Crippen LogP) is 6.87. The summed E-state index contributed by atoms with van der Waals surface area (Å²) >= 11 is 0. The zero-order valence-electron chi connectivity index (χ0n) is 15.6. The van der Waals surface area contributed by atoms with Gasteiger partial charge in [-0.2, -0.15) is 0 Å². The van der Waals surface area contributed by atoms with Crippen molar-refractivity contribution < 1.29 is 17.9 Å². The Bertz CT molecular complexity index is 808. The van der Waals surface area contributed by atoms with Gasteiger partial charge >= 0.3 is 0 Å². The van der Waals surface area contributed by atoms with Crippen LogP contribution in [0.2, 0.25) is 0 Å². The third-order valence-electron chi connectivity index (χ3n) is 5.33. The number of benzene rings is 2. The van der Waals surface area contributed by atoms with Crippen LogP contribution in [0, 0.1) is 17.5 Å². The Morgan fingerprint density at radius 1 is 1.11 bits per heavy atom. The molecule has 1 heterocycles. The van der Waals surface area contributed by atoms with Gasteiger partial charge in [-0.3, -0.25) is 0 Å². The minimum atomic E-state index is -0.939. The van der Waals surface area contributed by atoms with Gasteiger partial charge in [0.25, 0.3) is 0 Å². The topological polar surface area (TPSA) is 9.23 Å². The molecule has 144 valence electrons. The summed E-state index contributed by atoms with van der Waals surface area (Å²) in [6, 6.07) is 7.41. The lowest BCUT2D eigenvalue weighted by Gasteiger charge is -2.29. The van der Waals surface area contributed by atoms with Crippen LogP contribution in [0.3, 0.4) is 0 Å². The molecule has 0 bridgehead atoms. The van der Waals surface area contributed by atoms with E-state index in [0.29, 0.717) is 23.3 Å². The molecule has 0 aromatic heterocycles. The SMILES string of the molecule is C=Cc1ccc(-c2ccc(C3CCC(CCCC)OC3)c(F)c2F)cc1F. The third-order valence-corrected chi connectivity index (χ3v) is 5.33. The second kappa shape index (κ2) is 8.75. The van der Waals surface area contributed by atoms with E-state index in [1.54, 1.807) is 12.1 Å². The first-order chi connectivity index (χ1) is 13.0. The van der Waals surface area contributed by atoms with Crippen molar-refractivity contribution in [3.05, 3.63) is 65.5 Å². The van der Waals surface area contributed by atoms with Gasteiger partial charge in [0.1, 0.15) is 5.82 Å². The van der Waals surface area contributed by atoms with Crippen LogP contribution >= 0.6 is 0 Å². The Labute approximate surface area is 158 Å². The summed E-state index contributed by atoms with van der Waals surface area (Å²) < 4.78 is 49.2. The molecule has 1 fully saturated rings. The molecule has 3 rings (SSSR count). The fourth-order valence-electron chi connectivity index (χ4n) is 3.67. The zero-order valence-corrected chi connectivity index (χ0v) is 15.6. The van der Waals surface area contributed by atoms with Crippen molar-refractivity contribution in [2.24, 2.45) is 0 Å². The van der Waals surface area contributed by atoms with Crippen LogP contribution in [0.4, 0.5) is 13.2 Å². The molecule has 1 aliphatic heterocycles. The van der Waals surface area contributed by atoms with Gasteiger partial charge in [0.05, 0.1) is 12.7 Å². The number of rotatable bonds is 6. The maximum atomic E-state index is 14.7. The number of hydrogen-bond donors (Lipinski definition) is 0. The molecule has 0 saturated carbocycles. The number of hydrogen-bond acceptors (Lipinski definition) is 1. The summed E-state index contributed by atoms with van der Waals surface area (Å²) in [6.07, 6.45) is 6.52. The summed E-state index contributed by atoms with van der Waals surface area (Å²) in [7, 11) is 0. The highest BCUT2D eigenvalue weighted by molar-refractivity contribution is 5.67. The van der Waals surface area contributed by atoms with Crippen LogP contribution in [0.15, 0.2) is 36.9 Å². The highest BCUT2D eigenvalue weighted by Crippen LogP contribution is 2.35. The number of halogens is 3. The molecule has 2 unspecified atom stereocenters. The Morgan fingerprint density at radius 2 is 1.93 bits per heavy atom. The lowest BCUT2D eigenvalue weighted by Crippen LogP contribution is -2.25. The molecule has 2 aromatic rings. The van der Waals surface area contributed by atoms with Crippen molar-refractivity contribution in [1.82, 2.24) is 0 Å². The second-order valence-corrected chi connectivity index (χ2v) is 7.14. The third kappa shape index (κ3) is 4.27. The molecular weight excluding hydrogens is 349 g/mol. The number of ether oxygens (including phenoxy) is 1. The largest absolute Gasteiger partial charge is 0.378 e. The van der Waals surface area contributed by atoms with Crippen molar-refractivity contribution in [3.8, 4) is 11.1 Å². The quantitative estimate of drug-likeness (QED) is 0.536. The van der Waals surface area contributed by atoms with E-state index >= 15 is 0 Å². The van der Waals surface area contributed by atoms with Crippen LogP contribution in [-0.4, -0.2) is 12.7 Å². The first kappa shape index (κ1) is 19.7. The van der Waals surface area contributed by atoms with Gasteiger partial charge in [-0.1, -0.05) is 56.7 Å². The molecule has 0 radical (unpaired) electrons. The fraction of sp³-hybridized carbons (Fsp3) is 0.391. The highest BCUT2D eigenvalue weighted by Gasteiger charge is 2.27. The Morgan fingerprint density at radius 3 is 2.56 bits per heavy atom. The first-order valence-corrected chi connectivity index (χ1v) is 9.57. The van der Waals surface area contributed by atoms with E-state index in [0.717, 1.165) is 32.1 Å². The van der Waals surface area contributed by atoms with Crippen LogP contribution in [0.5, 0.6) is 0 Å². The van der Waals surface area contributed by atoms with Crippen molar-refractivity contribution in [1.29, 1.82) is 0 Å². The monoisotopic (exact) mass is 374 g/mol. The van der Waals surface area contributed by atoms with Gasteiger partial charge in [-0.25, -0.2) is 13.2 Å². The minimum absolute atomic E-state index is 0.0586. The molecule has 1 aliphatic rings. The molecular formula is C23H25F3O. The van der Waals surface area contributed by atoms with Gasteiger partial charge in [0.15, 0.2) is 11.6 Å². The number of unbranched alkanes of at least 4 members (excludes halogenated alkanes) is 1. The van der Waals surface area contributed by atoms with E-state index in [4.69, 9.17) is 4.74 Å². The fourth-order valence-corrected chi connectivity index (χ4v) is 3.67. The van der Waals surface area contributed by atoms with Crippen LogP contribution in [-0.2, 0) is 4.74 Å². The van der Waals surface area contributed by atoms with Crippen molar-refractivity contribution >= 4 is 6.08 Å². The lowest BCUT2D eigenvalue weighted by molar-refractivity contribution is -0.00258. The molecule has 0 spiro atoms. The molecule has 0 aliphatic carbocycles. The smallest absolute Gasteiger partial charge is 0.166 e. The second-order valence-electron chi connectivity index (χ2n) is 7.14.